The number of ether oxygens (including phenoxy) is 1. The molecule has 1 amide bonds. The zero-order chi connectivity index (χ0) is 17.4. The molecule has 0 aliphatic rings. The monoisotopic (exact) mass is 325 g/mol. The third-order valence-electron chi connectivity index (χ3n) is 2.68. The Kier molecular flexibility index (Phi) is 5.52. The summed E-state index contributed by atoms with van der Waals surface area (Å²) in [5.41, 5.74) is 2.80. The maximum atomic E-state index is 11.0. The van der Waals surface area contributed by atoms with Crippen LogP contribution in [0.4, 0.5) is 5.69 Å². The van der Waals surface area contributed by atoms with Gasteiger partial charge in [0.05, 0.1) is 17.2 Å². The summed E-state index contributed by atoms with van der Waals surface area (Å²) in [7, 11) is 0. The Bertz CT molecular complexity index is 794. The molecule has 0 bridgehead atoms. The summed E-state index contributed by atoms with van der Waals surface area (Å²) in [5.74, 6) is 0.228. The highest BCUT2D eigenvalue weighted by Crippen LogP contribution is 2.21. The topological polar surface area (TPSA) is 131 Å². The van der Waals surface area contributed by atoms with E-state index in [2.05, 4.69) is 15.5 Å². The van der Waals surface area contributed by atoms with E-state index in [1.165, 1.54) is 18.3 Å². The number of amides is 1. The number of hydrogen-bond acceptors (Lipinski definition) is 7. The molecule has 9 heteroatoms. The Balaban J connectivity index is 1.94. The van der Waals surface area contributed by atoms with Crippen LogP contribution in [0.25, 0.3) is 0 Å². The van der Waals surface area contributed by atoms with E-state index in [1.54, 1.807) is 30.3 Å². The van der Waals surface area contributed by atoms with Crippen LogP contribution in [0.2, 0.25) is 0 Å². The second kappa shape index (κ2) is 8.00. The molecule has 0 radical (unpaired) electrons. The predicted octanol–water partition coefficient (Wildman–Crippen LogP) is 2.15. The highest BCUT2D eigenvalue weighted by atomic mass is 16.6. The first kappa shape index (κ1) is 16.6. The lowest BCUT2D eigenvalue weighted by Gasteiger charge is -2.04. The first-order valence-electron chi connectivity index (χ1n) is 6.65. The van der Waals surface area contributed by atoms with Crippen molar-refractivity contribution < 1.29 is 14.5 Å². The minimum atomic E-state index is -0.541. The van der Waals surface area contributed by atoms with Crippen molar-refractivity contribution in [1.29, 1.82) is 5.26 Å². The van der Waals surface area contributed by atoms with Gasteiger partial charge in [-0.2, -0.15) is 10.4 Å². The van der Waals surface area contributed by atoms with Gasteiger partial charge in [-0.3, -0.25) is 14.9 Å². The molecule has 1 aromatic heterocycles. The van der Waals surface area contributed by atoms with Crippen LogP contribution in [-0.2, 0) is 4.79 Å². The molecule has 2 rings (SSSR count). The summed E-state index contributed by atoms with van der Waals surface area (Å²) in [6.45, 7) is 0. The number of nitro groups is 1. The van der Waals surface area contributed by atoms with Gasteiger partial charge in [0.1, 0.15) is 18.4 Å². The number of nitriles is 1. The molecule has 0 saturated heterocycles. The van der Waals surface area contributed by atoms with Gasteiger partial charge in [-0.15, -0.1) is 0 Å². The molecular formula is C15H11N5O4. The van der Waals surface area contributed by atoms with Crippen molar-refractivity contribution >= 4 is 17.8 Å². The lowest BCUT2D eigenvalue weighted by molar-refractivity contribution is -0.385. The number of carbonyl (C=O) groups is 1. The summed E-state index contributed by atoms with van der Waals surface area (Å²) < 4.78 is 5.46. The van der Waals surface area contributed by atoms with Crippen molar-refractivity contribution in [3.63, 3.8) is 0 Å². The van der Waals surface area contributed by atoms with E-state index in [9.17, 15) is 14.9 Å². The molecule has 120 valence electrons. The van der Waals surface area contributed by atoms with Crippen LogP contribution in [0, 0.1) is 21.4 Å². The Morgan fingerprint density at radius 2 is 2.12 bits per heavy atom. The number of carbonyl (C=O) groups excluding carboxylic acids is 1. The van der Waals surface area contributed by atoms with E-state index < -0.39 is 10.8 Å². The number of hydrogen-bond donors (Lipinski definition) is 1. The molecule has 0 saturated carbocycles. The molecule has 0 atom stereocenters. The summed E-state index contributed by atoms with van der Waals surface area (Å²) in [6.07, 6.45) is 2.27. The van der Waals surface area contributed by atoms with Gasteiger partial charge in [0.25, 0.3) is 11.6 Å². The van der Waals surface area contributed by atoms with Crippen LogP contribution in [0.15, 0.2) is 47.7 Å². The van der Waals surface area contributed by atoms with E-state index in [1.807, 2.05) is 0 Å². The molecule has 1 heterocycles. The lowest BCUT2D eigenvalue weighted by Crippen LogP contribution is -2.16. The van der Waals surface area contributed by atoms with E-state index in [0.717, 1.165) is 6.20 Å². The average Bonchev–Trinajstić information content (AvgIpc) is 2.57. The summed E-state index contributed by atoms with van der Waals surface area (Å²) >= 11 is 0. The summed E-state index contributed by atoms with van der Waals surface area (Å²) in [4.78, 5) is 24.9. The van der Waals surface area contributed by atoms with Crippen LogP contribution in [0.5, 0.6) is 11.6 Å². The zero-order valence-electron chi connectivity index (χ0n) is 12.2. The van der Waals surface area contributed by atoms with Gasteiger partial charge in [0, 0.05) is 12.1 Å². The third-order valence-corrected chi connectivity index (χ3v) is 2.68. The number of benzene rings is 1. The molecule has 24 heavy (non-hydrogen) atoms. The highest BCUT2D eigenvalue weighted by molar-refractivity contribution is 5.83. The van der Waals surface area contributed by atoms with Crippen LogP contribution in [-0.4, -0.2) is 22.0 Å². The highest BCUT2D eigenvalue weighted by Gasteiger charge is 2.06. The quantitative estimate of drug-likeness (QED) is 0.492. The van der Waals surface area contributed by atoms with E-state index in [4.69, 9.17) is 10.00 Å². The Hall–Kier alpha value is -3.80. The number of nitrogens with zero attached hydrogens (tertiary/aromatic N) is 4. The third kappa shape index (κ3) is 4.88. The second-order valence-electron chi connectivity index (χ2n) is 4.41. The van der Waals surface area contributed by atoms with Crippen LogP contribution in [0.1, 0.15) is 12.0 Å². The Morgan fingerprint density at radius 3 is 2.71 bits per heavy atom. The normalized spacial score (nSPS) is 10.1. The molecule has 0 spiro atoms. The van der Waals surface area contributed by atoms with Gasteiger partial charge in [-0.25, -0.2) is 10.4 Å². The number of aromatic nitrogens is 1. The van der Waals surface area contributed by atoms with Crippen molar-refractivity contribution in [1.82, 2.24) is 10.4 Å². The number of rotatable bonds is 6. The number of hydrazone groups is 1. The molecule has 0 unspecified atom stereocenters. The first-order chi connectivity index (χ1) is 11.6. The maximum Gasteiger partial charge on any atom is 0.287 e. The predicted molar refractivity (Wildman–Crippen MR) is 83.4 cm³/mol. The largest absolute Gasteiger partial charge is 0.439 e. The molecule has 0 fully saturated rings. The average molecular weight is 325 g/mol. The molecular weight excluding hydrogens is 314 g/mol. The number of pyridine rings is 1. The fraction of sp³-hybridized carbons (Fsp3) is 0.0667. The zero-order valence-corrected chi connectivity index (χ0v) is 12.2. The van der Waals surface area contributed by atoms with Gasteiger partial charge in [-0.1, -0.05) is 0 Å². The fourth-order valence-electron chi connectivity index (χ4n) is 1.57. The van der Waals surface area contributed by atoms with Gasteiger partial charge in [0.2, 0.25) is 5.88 Å². The van der Waals surface area contributed by atoms with Gasteiger partial charge in [-0.05, 0) is 29.8 Å². The summed E-state index contributed by atoms with van der Waals surface area (Å²) in [5, 5.41) is 22.6. The molecule has 2 aromatic rings. The van der Waals surface area contributed by atoms with Gasteiger partial charge >= 0.3 is 0 Å². The standard InChI is InChI=1S/C15H11N5O4/c16-8-7-14(21)19-18-9-11-1-4-13(5-2-11)24-15-6-3-12(10-17-15)20(22)23/h1-6,9-10H,7H2,(H,19,21)/b18-9+. The lowest BCUT2D eigenvalue weighted by atomic mass is 10.2. The summed E-state index contributed by atoms with van der Waals surface area (Å²) in [6, 6.07) is 11.1. The molecule has 0 aliphatic heterocycles. The second-order valence-corrected chi connectivity index (χ2v) is 4.41. The Labute approximate surface area is 136 Å². The van der Waals surface area contributed by atoms with Crippen molar-refractivity contribution in [3.8, 4) is 17.7 Å². The van der Waals surface area contributed by atoms with Crippen molar-refractivity contribution in [2.24, 2.45) is 5.10 Å². The minimum absolute atomic E-state index is 0.118. The van der Waals surface area contributed by atoms with Crippen LogP contribution >= 0.6 is 0 Å². The van der Waals surface area contributed by atoms with Crippen LogP contribution < -0.4 is 10.2 Å². The smallest absolute Gasteiger partial charge is 0.287 e. The minimum Gasteiger partial charge on any atom is -0.439 e. The molecule has 1 N–H and O–H groups in total. The number of nitrogens with one attached hydrogen (secondary N) is 1. The SMILES string of the molecule is N#CCC(=O)N/N=C/c1ccc(Oc2ccc([N+](=O)[O-])cn2)cc1. The van der Waals surface area contributed by atoms with Crippen molar-refractivity contribution in [2.75, 3.05) is 0 Å². The van der Waals surface area contributed by atoms with Crippen LogP contribution in [0.3, 0.4) is 0 Å². The Morgan fingerprint density at radius 1 is 1.38 bits per heavy atom. The van der Waals surface area contributed by atoms with Gasteiger partial charge in [0.15, 0.2) is 0 Å². The van der Waals surface area contributed by atoms with Crippen molar-refractivity contribution in [2.45, 2.75) is 6.42 Å². The first-order valence-corrected chi connectivity index (χ1v) is 6.65. The molecule has 0 aliphatic carbocycles. The maximum absolute atomic E-state index is 11.0. The van der Waals surface area contributed by atoms with E-state index >= 15 is 0 Å². The van der Waals surface area contributed by atoms with Crippen molar-refractivity contribution in [3.05, 3.63) is 58.3 Å². The van der Waals surface area contributed by atoms with Gasteiger partial charge < -0.3 is 4.74 Å². The molecule has 9 nitrogen and oxygen atoms in total. The fourth-order valence-corrected chi connectivity index (χ4v) is 1.57. The molecule has 1 aromatic carbocycles. The van der Waals surface area contributed by atoms with E-state index in [-0.39, 0.29) is 18.0 Å². The van der Waals surface area contributed by atoms with E-state index in [0.29, 0.717) is 11.3 Å².